The van der Waals surface area contributed by atoms with E-state index in [-0.39, 0.29) is 6.71 Å². The van der Waals surface area contributed by atoms with E-state index in [0.29, 0.717) is 0 Å². The molecule has 0 saturated carbocycles. The molecule has 0 saturated heterocycles. The van der Waals surface area contributed by atoms with Crippen molar-refractivity contribution in [3.63, 3.8) is 0 Å². The molecule has 8 rings (SSSR count). The van der Waals surface area contributed by atoms with E-state index in [1.165, 1.54) is 22.1 Å². The molecular formula is C36H25BN2O. The Bertz CT molecular complexity index is 1800. The van der Waals surface area contributed by atoms with E-state index < -0.39 is 0 Å². The van der Waals surface area contributed by atoms with Crippen molar-refractivity contribution in [2.45, 2.75) is 0 Å². The number of ether oxygens (including phenoxy) is 1. The lowest BCUT2D eigenvalue weighted by molar-refractivity contribution is 0.487. The van der Waals surface area contributed by atoms with Crippen LogP contribution in [-0.4, -0.2) is 6.71 Å². The fourth-order valence-electron chi connectivity index (χ4n) is 6.22. The van der Waals surface area contributed by atoms with Crippen LogP contribution >= 0.6 is 0 Å². The summed E-state index contributed by atoms with van der Waals surface area (Å²) in [6, 6.07) is 53.5. The van der Waals surface area contributed by atoms with E-state index in [2.05, 4.69) is 161 Å². The van der Waals surface area contributed by atoms with Crippen molar-refractivity contribution in [1.82, 2.24) is 0 Å². The monoisotopic (exact) mass is 512 g/mol. The van der Waals surface area contributed by atoms with Crippen LogP contribution in [0.4, 0.5) is 34.1 Å². The molecular weight excluding hydrogens is 487 g/mol. The number of nitrogens with zero attached hydrogens (tertiary/aromatic N) is 2. The zero-order valence-corrected chi connectivity index (χ0v) is 21.8. The molecule has 2 heterocycles. The minimum atomic E-state index is 0.0852. The molecule has 0 spiro atoms. The van der Waals surface area contributed by atoms with Crippen LogP contribution in [0, 0.1) is 0 Å². The van der Waals surface area contributed by atoms with Gasteiger partial charge < -0.3 is 14.5 Å². The Labute approximate surface area is 234 Å². The van der Waals surface area contributed by atoms with Gasteiger partial charge in [-0.3, -0.25) is 0 Å². The molecule has 188 valence electrons. The maximum Gasteiger partial charge on any atom is 0.256 e. The van der Waals surface area contributed by atoms with Gasteiger partial charge in [0.15, 0.2) is 0 Å². The van der Waals surface area contributed by atoms with Crippen molar-refractivity contribution in [3.05, 3.63) is 152 Å². The normalized spacial score (nSPS) is 12.6. The summed E-state index contributed by atoms with van der Waals surface area (Å²) in [7, 11) is 0. The van der Waals surface area contributed by atoms with Crippen molar-refractivity contribution in [1.29, 1.82) is 0 Å². The first-order valence-electron chi connectivity index (χ1n) is 13.7. The topological polar surface area (TPSA) is 15.7 Å². The second kappa shape index (κ2) is 9.21. The van der Waals surface area contributed by atoms with Crippen molar-refractivity contribution in [2.75, 3.05) is 9.80 Å². The van der Waals surface area contributed by atoms with Crippen LogP contribution in [0.5, 0.6) is 11.5 Å². The van der Waals surface area contributed by atoms with Crippen molar-refractivity contribution in [3.8, 4) is 11.5 Å². The van der Waals surface area contributed by atoms with Crippen molar-refractivity contribution >= 4 is 57.2 Å². The lowest BCUT2D eigenvalue weighted by Gasteiger charge is -2.41. The minimum absolute atomic E-state index is 0.0852. The lowest BCUT2D eigenvalue weighted by atomic mass is 9.34. The SMILES string of the molecule is c1ccc(N(c2ccccc2)c2cc3c4c(c2)N(c2ccccc2)c2ccccc2B4c2ccccc2O3)cc1. The largest absolute Gasteiger partial charge is 0.458 e. The van der Waals surface area contributed by atoms with Gasteiger partial charge in [-0.15, -0.1) is 0 Å². The Morgan fingerprint density at radius 2 is 1.05 bits per heavy atom. The standard InChI is InChI=1S/C36H25BN2O/c1-4-14-26(15-5-1)38(27-16-6-2-7-17-27)29-24-33-36-35(25-29)40-34-23-13-11-21-31(34)37(36)30-20-10-12-22-32(30)39(33)28-18-8-3-9-19-28/h1-25H. The third kappa shape index (κ3) is 3.54. The molecule has 0 unspecified atom stereocenters. The number of hydrogen-bond acceptors (Lipinski definition) is 3. The van der Waals surface area contributed by atoms with Crippen LogP contribution < -0.4 is 30.9 Å². The number of rotatable bonds is 4. The highest BCUT2D eigenvalue weighted by atomic mass is 16.5. The summed E-state index contributed by atoms with van der Waals surface area (Å²) in [6.45, 7) is 0.0852. The second-order valence-corrected chi connectivity index (χ2v) is 10.2. The quantitative estimate of drug-likeness (QED) is 0.226. The molecule has 6 aromatic carbocycles. The van der Waals surface area contributed by atoms with Gasteiger partial charge in [0.25, 0.3) is 6.71 Å². The molecule has 0 bridgehead atoms. The summed E-state index contributed by atoms with van der Waals surface area (Å²) in [5, 5.41) is 0. The van der Waals surface area contributed by atoms with Crippen LogP contribution in [0.25, 0.3) is 0 Å². The summed E-state index contributed by atoms with van der Waals surface area (Å²) in [4.78, 5) is 4.69. The molecule has 0 fully saturated rings. The number of fused-ring (bicyclic) bond motifs is 4. The molecule has 0 amide bonds. The van der Waals surface area contributed by atoms with E-state index in [0.717, 1.165) is 39.9 Å². The highest BCUT2D eigenvalue weighted by molar-refractivity contribution is 6.99. The first kappa shape index (κ1) is 22.7. The maximum absolute atomic E-state index is 6.73. The molecule has 0 atom stereocenters. The molecule has 2 aliphatic rings. The predicted octanol–water partition coefficient (Wildman–Crippen LogP) is 7.56. The Hall–Kier alpha value is -5.22. The van der Waals surface area contributed by atoms with E-state index in [4.69, 9.17) is 4.74 Å². The zero-order valence-electron chi connectivity index (χ0n) is 21.8. The molecule has 0 aromatic heterocycles. The molecule has 0 radical (unpaired) electrons. The van der Waals surface area contributed by atoms with Gasteiger partial charge in [-0.25, -0.2) is 0 Å². The molecule has 0 aliphatic carbocycles. The molecule has 3 nitrogen and oxygen atoms in total. The summed E-state index contributed by atoms with van der Waals surface area (Å²) in [5.41, 5.74) is 10.4. The lowest BCUT2D eigenvalue weighted by Crippen LogP contribution is -2.59. The smallest absolute Gasteiger partial charge is 0.256 e. The van der Waals surface area contributed by atoms with E-state index in [1.54, 1.807) is 0 Å². The second-order valence-electron chi connectivity index (χ2n) is 10.2. The van der Waals surface area contributed by atoms with Gasteiger partial charge in [0, 0.05) is 34.5 Å². The van der Waals surface area contributed by atoms with Crippen LogP contribution in [0.1, 0.15) is 0 Å². The third-order valence-corrected chi connectivity index (χ3v) is 7.87. The predicted molar refractivity (Wildman–Crippen MR) is 167 cm³/mol. The van der Waals surface area contributed by atoms with Crippen LogP contribution in [0.3, 0.4) is 0 Å². The summed E-state index contributed by atoms with van der Waals surface area (Å²) >= 11 is 0. The average Bonchev–Trinajstić information content (AvgIpc) is 3.02. The van der Waals surface area contributed by atoms with Gasteiger partial charge in [0.1, 0.15) is 11.5 Å². The van der Waals surface area contributed by atoms with Gasteiger partial charge in [0.2, 0.25) is 0 Å². The fourth-order valence-corrected chi connectivity index (χ4v) is 6.22. The highest BCUT2D eigenvalue weighted by Crippen LogP contribution is 2.45. The highest BCUT2D eigenvalue weighted by Gasteiger charge is 2.42. The maximum atomic E-state index is 6.73. The van der Waals surface area contributed by atoms with Crippen molar-refractivity contribution in [2.24, 2.45) is 0 Å². The molecule has 0 N–H and O–H groups in total. The van der Waals surface area contributed by atoms with Gasteiger partial charge in [-0.1, -0.05) is 91.0 Å². The number of benzene rings is 6. The van der Waals surface area contributed by atoms with E-state index in [9.17, 15) is 0 Å². The average molecular weight is 512 g/mol. The van der Waals surface area contributed by atoms with Gasteiger partial charge in [0.05, 0.1) is 5.69 Å². The fraction of sp³-hybridized carbons (Fsp3) is 0. The molecule has 4 heteroatoms. The minimum Gasteiger partial charge on any atom is -0.458 e. The van der Waals surface area contributed by atoms with Crippen molar-refractivity contribution < 1.29 is 4.74 Å². The van der Waals surface area contributed by atoms with E-state index >= 15 is 0 Å². The van der Waals surface area contributed by atoms with Gasteiger partial charge >= 0.3 is 0 Å². The van der Waals surface area contributed by atoms with E-state index in [1.807, 2.05) is 0 Å². The molecule has 2 aliphatic heterocycles. The summed E-state index contributed by atoms with van der Waals surface area (Å²) < 4.78 is 6.73. The Kier molecular flexibility index (Phi) is 5.24. The van der Waals surface area contributed by atoms with Crippen LogP contribution in [-0.2, 0) is 0 Å². The zero-order chi connectivity index (χ0) is 26.5. The Balaban J connectivity index is 1.44. The number of hydrogen-bond donors (Lipinski definition) is 0. The Morgan fingerprint density at radius 1 is 0.475 bits per heavy atom. The Morgan fingerprint density at radius 3 is 1.75 bits per heavy atom. The first-order valence-corrected chi connectivity index (χ1v) is 13.7. The first-order chi connectivity index (χ1) is 19.9. The molecule has 6 aromatic rings. The summed E-state index contributed by atoms with van der Waals surface area (Å²) in [5.74, 6) is 1.81. The van der Waals surface area contributed by atoms with Gasteiger partial charge in [-0.05, 0) is 71.0 Å². The van der Waals surface area contributed by atoms with Gasteiger partial charge in [-0.2, -0.15) is 0 Å². The number of para-hydroxylation sites is 5. The molecule has 40 heavy (non-hydrogen) atoms. The van der Waals surface area contributed by atoms with Crippen LogP contribution in [0.15, 0.2) is 152 Å². The summed E-state index contributed by atoms with van der Waals surface area (Å²) in [6.07, 6.45) is 0. The van der Waals surface area contributed by atoms with Crippen LogP contribution in [0.2, 0.25) is 0 Å². The number of anilines is 6. The third-order valence-electron chi connectivity index (χ3n) is 7.87.